The molecule has 1 amide bonds. The molecule has 3 fully saturated rings. The molecule has 5 heteroatoms. The van der Waals surface area contributed by atoms with Gasteiger partial charge >= 0.3 is 0 Å². The number of hydrogen-bond acceptors (Lipinski definition) is 4. The molecule has 0 radical (unpaired) electrons. The Balaban J connectivity index is 1.45. The second kappa shape index (κ2) is 5.21. The van der Waals surface area contributed by atoms with Crippen molar-refractivity contribution in [2.75, 3.05) is 24.5 Å². The smallest absolute Gasteiger partial charge is 0.223 e. The van der Waals surface area contributed by atoms with Crippen LogP contribution in [0.15, 0.2) is 12.1 Å². The zero-order chi connectivity index (χ0) is 15.2. The van der Waals surface area contributed by atoms with Gasteiger partial charge in [0.1, 0.15) is 0 Å². The van der Waals surface area contributed by atoms with Crippen LogP contribution in [-0.2, 0) is 4.79 Å². The molecular weight excluding hydrogens is 276 g/mol. The highest BCUT2D eigenvalue weighted by molar-refractivity contribution is 5.80. The molecule has 0 unspecified atom stereocenters. The molecular formula is C17H24N4O. The second-order valence-corrected chi connectivity index (χ2v) is 7.19. The lowest BCUT2D eigenvalue weighted by Crippen LogP contribution is -2.54. The number of aryl methyl sites for hydroxylation is 1. The highest BCUT2D eigenvalue weighted by Gasteiger charge is 2.48. The maximum absolute atomic E-state index is 12.3. The lowest BCUT2D eigenvalue weighted by molar-refractivity contribution is -0.132. The number of piperidine rings is 1. The Hall–Kier alpha value is -1.65. The van der Waals surface area contributed by atoms with Crippen molar-refractivity contribution < 1.29 is 4.79 Å². The van der Waals surface area contributed by atoms with Gasteiger partial charge in [-0.05, 0) is 57.1 Å². The normalized spacial score (nSPS) is 24.3. The van der Waals surface area contributed by atoms with Crippen molar-refractivity contribution in [3.63, 3.8) is 0 Å². The van der Waals surface area contributed by atoms with E-state index in [2.05, 4.69) is 26.1 Å². The third kappa shape index (κ3) is 2.46. The van der Waals surface area contributed by atoms with Crippen molar-refractivity contribution in [1.82, 2.24) is 15.1 Å². The minimum Gasteiger partial charge on any atom is -0.355 e. The van der Waals surface area contributed by atoms with Gasteiger partial charge in [0.25, 0.3) is 0 Å². The third-order valence-electron chi connectivity index (χ3n) is 5.62. The first kappa shape index (κ1) is 14.0. The van der Waals surface area contributed by atoms with Crippen molar-refractivity contribution in [2.24, 2.45) is 5.92 Å². The summed E-state index contributed by atoms with van der Waals surface area (Å²) in [7, 11) is 0. The van der Waals surface area contributed by atoms with Gasteiger partial charge in [0.05, 0.1) is 5.69 Å². The Labute approximate surface area is 131 Å². The van der Waals surface area contributed by atoms with Gasteiger partial charge in [-0.1, -0.05) is 0 Å². The van der Waals surface area contributed by atoms with Gasteiger partial charge in [-0.25, -0.2) is 0 Å². The minimum absolute atomic E-state index is 0.133. The monoisotopic (exact) mass is 300 g/mol. The summed E-state index contributed by atoms with van der Waals surface area (Å²) in [6.07, 6.45) is 6.56. The van der Waals surface area contributed by atoms with E-state index < -0.39 is 0 Å². The first-order valence-corrected chi connectivity index (χ1v) is 8.52. The third-order valence-corrected chi connectivity index (χ3v) is 5.62. The molecule has 1 aromatic rings. The first-order valence-electron chi connectivity index (χ1n) is 8.52. The number of amides is 1. The van der Waals surface area contributed by atoms with E-state index in [1.54, 1.807) is 0 Å². The maximum Gasteiger partial charge on any atom is 0.223 e. The van der Waals surface area contributed by atoms with Crippen LogP contribution in [0.25, 0.3) is 0 Å². The minimum atomic E-state index is 0.133. The molecule has 0 N–H and O–H groups in total. The molecule has 22 heavy (non-hydrogen) atoms. The Morgan fingerprint density at radius 3 is 2.59 bits per heavy atom. The lowest BCUT2D eigenvalue weighted by Gasteiger charge is -2.45. The van der Waals surface area contributed by atoms with Crippen LogP contribution in [0, 0.1) is 12.8 Å². The fourth-order valence-electron chi connectivity index (χ4n) is 3.96. The number of nitrogens with zero attached hydrogens (tertiary/aromatic N) is 4. The molecule has 3 aliphatic rings. The molecule has 3 heterocycles. The number of anilines is 1. The van der Waals surface area contributed by atoms with Gasteiger partial charge in [0.15, 0.2) is 5.82 Å². The molecule has 1 saturated carbocycles. The van der Waals surface area contributed by atoms with Crippen LogP contribution < -0.4 is 4.90 Å². The van der Waals surface area contributed by atoms with Crippen molar-refractivity contribution >= 4 is 11.7 Å². The van der Waals surface area contributed by atoms with Gasteiger partial charge < -0.3 is 9.80 Å². The van der Waals surface area contributed by atoms with Crippen molar-refractivity contribution in [2.45, 2.75) is 51.0 Å². The van der Waals surface area contributed by atoms with E-state index >= 15 is 0 Å². The number of carbonyl (C=O) groups is 1. The van der Waals surface area contributed by atoms with Crippen molar-refractivity contribution in [3.8, 4) is 0 Å². The molecule has 5 nitrogen and oxygen atoms in total. The summed E-state index contributed by atoms with van der Waals surface area (Å²) in [5, 5.41) is 8.47. The Bertz CT molecular complexity index is 559. The Kier molecular flexibility index (Phi) is 3.31. The number of hydrogen-bond donors (Lipinski definition) is 0. The summed E-state index contributed by atoms with van der Waals surface area (Å²) < 4.78 is 0. The van der Waals surface area contributed by atoms with Gasteiger partial charge in [0, 0.05) is 31.6 Å². The largest absolute Gasteiger partial charge is 0.355 e. The molecule has 2 aliphatic heterocycles. The van der Waals surface area contributed by atoms with Crippen LogP contribution >= 0.6 is 0 Å². The summed E-state index contributed by atoms with van der Waals surface area (Å²) >= 11 is 0. The molecule has 1 spiro atoms. The van der Waals surface area contributed by atoms with Gasteiger partial charge in [0.2, 0.25) is 5.91 Å². The Morgan fingerprint density at radius 2 is 1.95 bits per heavy atom. The second-order valence-electron chi connectivity index (χ2n) is 7.19. The maximum atomic E-state index is 12.3. The van der Waals surface area contributed by atoms with E-state index in [1.165, 1.54) is 12.8 Å². The fourth-order valence-corrected chi connectivity index (χ4v) is 3.96. The zero-order valence-electron chi connectivity index (χ0n) is 13.3. The average Bonchev–Trinajstić information content (AvgIpc) is 3.31. The highest BCUT2D eigenvalue weighted by atomic mass is 16.2. The molecule has 0 bridgehead atoms. The predicted octanol–water partition coefficient (Wildman–Crippen LogP) is 2.16. The van der Waals surface area contributed by atoms with Crippen LogP contribution in [0.1, 0.15) is 44.2 Å². The zero-order valence-corrected chi connectivity index (χ0v) is 13.3. The fraction of sp³-hybridized carbons (Fsp3) is 0.706. The summed E-state index contributed by atoms with van der Waals surface area (Å²) in [6, 6.07) is 4.08. The van der Waals surface area contributed by atoms with E-state index in [9.17, 15) is 4.79 Å². The molecule has 1 aliphatic carbocycles. The van der Waals surface area contributed by atoms with Gasteiger partial charge in [-0.15, -0.1) is 5.10 Å². The van der Waals surface area contributed by atoms with Gasteiger partial charge in [-0.2, -0.15) is 5.10 Å². The summed E-state index contributed by atoms with van der Waals surface area (Å²) in [4.78, 5) is 16.8. The van der Waals surface area contributed by atoms with E-state index in [0.29, 0.717) is 5.91 Å². The number of carbonyl (C=O) groups excluding carboxylic acids is 1. The molecule has 4 rings (SSSR count). The van der Waals surface area contributed by atoms with Crippen LogP contribution in [-0.4, -0.2) is 46.2 Å². The quantitative estimate of drug-likeness (QED) is 0.858. The summed E-state index contributed by atoms with van der Waals surface area (Å²) in [5.41, 5.74) is 1.09. The molecule has 2 saturated heterocycles. The highest BCUT2D eigenvalue weighted by Crippen LogP contribution is 2.42. The average molecular weight is 300 g/mol. The molecule has 118 valence electrons. The van der Waals surface area contributed by atoms with E-state index in [-0.39, 0.29) is 5.54 Å². The molecule has 1 aromatic heterocycles. The lowest BCUT2D eigenvalue weighted by atomic mass is 9.84. The summed E-state index contributed by atoms with van der Waals surface area (Å²) in [6.45, 7) is 4.92. The van der Waals surface area contributed by atoms with Crippen LogP contribution in [0.2, 0.25) is 0 Å². The number of rotatable bonds is 3. The molecule has 0 atom stereocenters. The van der Waals surface area contributed by atoms with Crippen LogP contribution in [0.4, 0.5) is 5.82 Å². The van der Waals surface area contributed by atoms with E-state index in [0.717, 1.165) is 62.7 Å². The number of likely N-dealkylation sites (tertiary alicyclic amines) is 1. The van der Waals surface area contributed by atoms with Crippen LogP contribution in [0.5, 0.6) is 0 Å². The van der Waals surface area contributed by atoms with E-state index in [1.807, 2.05) is 13.0 Å². The molecule has 0 aromatic carbocycles. The van der Waals surface area contributed by atoms with Crippen molar-refractivity contribution in [1.29, 1.82) is 0 Å². The predicted molar refractivity (Wildman–Crippen MR) is 84.6 cm³/mol. The standard InChI is InChI=1S/C17H24N4O/c1-13-2-5-15(19-18-13)20-10-8-17(9-11-20)7-6-16(22)21(17)12-14-3-4-14/h2,5,14H,3-4,6-12H2,1H3. The first-order chi connectivity index (χ1) is 10.7. The van der Waals surface area contributed by atoms with Gasteiger partial charge in [-0.3, -0.25) is 4.79 Å². The topological polar surface area (TPSA) is 49.3 Å². The van der Waals surface area contributed by atoms with Crippen molar-refractivity contribution in [3.05, 3.63) is 17.8 Å². The Morgan fingerprint density at radius 1 is 1.18 bits per heavy atom. The number of aromatic nitrogens is 2. The van der Waals surface area contributed by atoms with Crippen LogP contribution in [0.3, 0.4) is 0 Å². The SMILES string of the molecule is Cc1ccc(N2CCC3(CCC(=O)N3CC3CC3)CC2)nn1. The summed E-state index contributed by atoms with van der Waals surface area (Å²) in [5.74, 6) is 2.13. The van der Waals surface area contributed by atoms with E-state index in [4.69, 9.17) is 0 Å².